The van der Waals surface area contributed by atoms with Crippen LogP contribution in [0.1, 0.15) is 29.4 Å². The van der Waals surface area contributed by atoms with Crippen molar-refractivity contribution in [1.82, 2.24) is 9.88 Å². The number of nitrogens with one attached hydrogen (secondary N) is 1. The van der Waals surface area contributed by atoms with Crippen molar-refractivity contribution in [2.75, 3.05) is 13.6 Å². The van der Waals surface area contributed by atoms with Gasteiger partial charge in [0.2, 0.25) is 5.43 Å². The number of aliphatic hydroxyl groups excluding tert-OH is 1. The van der Waals surface area contributed by atoms with E-state index in [0.29, 0.717) is 23.1 Å². The third kappa shape index (κ3) is 3.43. The number of H-pyrrole nitrogens is 1. The summed E-state index contributed by atoms with van der Waals surface area (Å²) < 4.78 is 0.372. The quantitative estimate of drug-likeness (QED) is 0.879. The lowest BCUT2D eigenvalue weighted by Crippen LogP contribution is -2.33. The van der Waals surface area contributed by atoms with Crippen LogP contribution in [0.3, 0.4) is 0 Å². The highest BCUT2D eigenvalue weighted by molar-refractivity contribution is 9.10. The number of carbonyl (C=O) groups excluding carboxylic acids is 1. The normalized spacial score (nSPS) is 12.3. The molecular weight excluding hydrogens is 300 g/mol. The van der Waals surface area contributed by atoms with Gasteiger partial charge in [-0.3, -0.25) is 9.59 Å². The second-order valence-corrected chi connectivity index (χ2v) is 5.13. The molecule has 100 valence electrons. The molecule has 18 heavy (non-hydrogen) atoms. The number of aromatic nitrogens is 1. The Morgan fingerprint density at radius 1 is 1.61 bits per heavy atom. The Morgan fingerprint density at radius 2 is 2.22 bits per heavy atom. The molecule has 2 N–H and O–H groups in total. The number of aromatic amines is 1. The molecule has 1 aromatic heterocycles. The molecule has 0 spiro atoms. The number of hydrogen-bond acceptors (Lipinski definition) is 3. The fraction of sp³-hybridized carbons (Fsp3) is 0.500. The minimum atomic E-state index is -0.469. The third-order valence-corrected chi connectivity index (χ3v) is 3.62. The summed E-state index contributed by atoms with van der Waals surface area (Å²) in [6.45, 7) is 3.81. The highest BCUT2D eigenvalue weighted by atomic mass is 79.9. The number of rotatable bonds is 4. The van der Waals surface area contributed by atoms with Crippen molar-refractivity contribution >= 4 is 21.8 Å². The van der Waals surface area contributed by atoms with Gasteiger partial charge in [-0.15, -0.1) is 0 Å². The van der Waals surface area contributed by atoms with E-state index in [1.807, 2.05) is 0 Å². The van der Waals surface area contributed by atoms with Gasteiger partial charge in [0.1, 0.15) is 5.56 Å². The zero-order chi connectivity index (χ0) is 13.9. The molecular formula is C12H17BrN2O3. The molecule has 1 rings (SSSR count). The van der Waals surface area contributed by atoms with Crippen molar-refractivity contribution < 1.29 is 9.90 Å². The van der Waals surface area contributed by atoms with Gasteiger partial charge in [-0.1, -0.05) is 0 Å². The van der Waals surface area contributed by atoms with Crippen LogP contribution in [0.25, 0.3) is 0 Å². The van der Waals surface area contributed by atoms with Crippen LogP contribution < -0.4 is 5.43 Å². The molecule has 1 heterocycles. The first-order valence-corrected chi connectivity index (χ1v) is 6.45. The summed E-state index contributed by atoms with van der Waals surface area (Å²) >= 11 is 3.16. The molecule has 0 saturated heterocycles. The van der Waals surface area contributed by atoms with Crippen LogP contribution in [-0.4, -0.2) is 40.6 Å². The van der Waals surface area contributed by atoms with E-state index in [9.17, 15) is 14.7 Å². The van der Waals surface area contributed by atoms with Gasteiger partial charge in [0.25, 0.3) is 5.91 Å². The topological polar surface area (TPSA) is 73.4 Å². The Hall–Kier alpha value is -1.14. The van der Waals surface area contributed by atoms with Crippen molar-refractivity contribution in [2.45, 2.75) is 26.4 Å². The van der Waals surface area contributed by atoms with Crippen LogP contribution in [0.15, 0.2) is 15.5 Å². The van der Waals surface area contributed by atoms with Crippen LogP contribution >= 0.6 is 15.9 Å². The first-order valence-electron chi connectivity index (χ1n) is 5.66. The number of carbonyl (C=O) groups is 1. The molecule has 6 heteroatoms. The summed E-state index contributed by atoms with van der Waals surface area (Å²) in [5.41, 5.74) is 0.462. The van der Waals surface area contributed by atoms with E-state index in [0.717, 1.165) is 0 Å². The van der Waals surface area contributed by atoms with E-state index in [2.05, 4.69) is 20.9 Å². The number of nitrogens with zero attached hydrogens (tertiary/aromatic N) is 1. The summed E-state index contributed by atoms with van der Waals surface area (Å²) in [6.07, 6.45) is 1.43. The smallest absolute Gasteiger partial charge is 0.259 e. The lowest BCUT2D eigenvalue weighted by Gasteiger charge is -2.17. The Bertz CT molecular complexity index is 497. The number of halogens is 1. The van der Waals surface area contributed by atoms with Crippen molar-refractivity contribution in [3.63, 3.8) is 0 Å². The van der Waals surface area contributed by atoms with E-state index >= 15 is 0 Å². The number of pyridine rings is 1. The summed E-state index contributed by atoms with van der Waals surface area (Å²) in [5.74, 6) is -0.349. The zero-order valence-electron chi connectivity index (χ0n) is 10.7. The van der Waals surface area contributed by atoms with Gasteiger partial charge in [-0.2, -0.15) is 0 Å². The molecule has 0 aliphatic rings. The second-order valence-electron chi connectivity index (χ2n) is 4.33. The minimum absolute atomic E-state index is 0.0977. The van der Waals surface area contributed by atoms with E-state index in [1.54, 1.807) is 20.9 Å². The molecule has 0 radical (unpaired) electrons. The molecule has 0 fully saturated rings. The molecule has 0 aromatic carbocycles. The van der Waals surface area contributed by atoms with Crippen LogP contribution in [0.4, 0.5) is 0 Å². The van der Waals surface area contributed by atoms with Crippen LogP contribution in [0.2, 0.25) is 0 Å². The Balaban J connectivity index is 2.91. The lowest BCUT2D eigenvalue weighted by atomic mass is 10.2. The van der Waals surface area contributed by atoms with Crippen molar-refractivity contribution in [2.24, 2.45) is 0 Å². The predicted molar refractivity (Wildman–Crippen MR) is 72.8 cm³/mol. The minimum Gasteiger partial charge on any atom is -0.393 e. The fourth-order valence-corrected chi connectivity index (χ4v) is 1.77. The van der Waals surface area contributed by atoms with Gasteiger partial charge in [0.05, 0.1) is 10.6 Å². The van der Waals surface area contributed by atoms with Gasteiger partial charge in [-0.05, 0) is 36.2 Å². The predicted octanol–water partition coefficient (Wildman–Crippen LogP) is 1.29. The van der Waals surface area contributed by atoms with Gasteiger partial charge >= 0.3 is 0 Å². The zero-order valence-corrected chi connectivity index (χ0v) is 12.2. The van der Waals surface area contributed by atoms with Crippen LogP contribution in [-0.2, 0) is 0 Å². The van der Waals surface area contributed by atoms with Crippen molar-refractivity contribution in [1.29, 1.82) is 0 Å². The average Bonchev–Trinajstić information content (AvgIpc) is 2.32. The maximum absolute atomic E-state index is 12.0. The maximum atomic E-state index is 12.0. The molecule has 5 nitrogen and oxygen atoms in total. The molecule has 0 bridgehead atoms. The van der Waals surface area contributed by atoms with E-state index in [4.69, 9.17) is 0 Å². The highest BCUT2D eigenvalue weighted by Crippen LogP contribution is 2.09. The number of aliphatic hydroxyl groups is 1. The summed E-state index contributed by atoms with van der Waals surface area (Å²) in [6, 6.07) is 0. The Labute approximate surface area is 114 Å². The molecule has 1 amide bonds. The lowest BCUT2D eigenvalue weighted by molar-refractivity contribution is 0.0767. The van der Waals surface area contributed by atoms with Gasteiger partial charge < -0.3 is 15.0 Å². The first-order chi connectivity index (χ1) is 8.34. The van der Waals surface area contributed by atoms with E-state index in [-0.39, 0.29) is 16.9 Å². The SMILES string of the molecule is Cc1[nH]cc(C(=O)N(C)CCC(C)O)c(=O)c1Br. The maximum Gasteiger partial charge on any atom is 0.259 e. The largest absolute Gasteiger partial charge is 0.393 e. The van der Waals surface area contributed by atoms with Crippen molar-refractivity contribution in [3.05, 3.63) is 32.2 Å². The van der Waals surface area contributed by atoms with Gasteiger partial charge in [-0.25, -0.2) is 0 Å². The number of amides is 1. The second kappa shape index (κ2) is 6.15. The number of aryl methyl sites for hydroxylation is 1. The van der Waals surface area contributed by atoms with Crippen LogP contribution in [0.5, 0.6) is 0 Å². The molecule has 0 saturated carbocycles. The number of hydrogen-bond donors (Lipinski definition) is 2. The fourth-order valence-electron chi connectivity index (χ4n) is 1.44. The summed E-state index contributed by atoms with van der Waals surface area (Å²) in [5, 5.41) is 9.18. The molecule has 0 aliphatic heterocycles. The Kier molecular flexibility index (Phi) is 5.10. The summed E-state index contributed by atoms with van der Waals surface area (Å²) in [7, 11) is 1.61. The first kappa shape index (κ1) is 14.9. The average molecular weight is 317 g/mol. The van der Waals surface area contributed by atoms with Gasteiger partial charge in [0.15, 0.2) is 0 Å². The van der Waals surface area contributed by atoms with Gasteiger partial charge in [0, 0.05) is 25.5 Å². The molecule has 1 atom stereocenters. The molecule has 1 aromatic rings. The molecule has 1 unspecified atom stereocenters. The van der Waals surface area contributed by atoms with E-state index in [1.165, 1.54) is 11.1 Å². The monoisotopic (exact) mass is 316 g/mol. The standard InChI is InChI=1S/C12H17BrN2O3/c1-7(16)4-5-15(3)12(18)9-6-14-8(2)10(13)11(9)17/h6-7,16H,4-5H2,1-3H3,(H,14,17). The van der Waals surface area contributed by atoms with Crippen LogP contribution in [0, 0.1) is 6.92 Å². The molecule has 0 aliphatic carbocycles. The third-order valence-electron chi connectivity index (χ3n) is 2.67. The van der Waals surface area contributed by atoms with E-state index < -0.39 is 6.10 Å². The van der Waals surface area contributed by atoms with Crippen molar-refractivity contribution in [3.8, 4) is 0 Å². The summed E-state index contributed by atoms with van der Waals surface area (Å²) in [4.78, 5) is 28.3. The Morgan fingerprint density at radius 3 is 2.78 bits per heavy atom. The highest BCUT2D eigenvalue weighted by Gasteiger charge is 2.17.